The van der Waals surface area contributed by atoms with Crippen LogP contribution >= 0.6 is 0 Å². The first kappa shape index (κ1) is 11.0. The van der Waals surface area contributed by atoms with Gasteiger partial charge in [0.2, 0.25) is 0 Å². The lowest BCUT2D eigenvalue weighted by Crippen LogP contribution is -2.31. The molecule has 16 heavy (non-hydrogen) atoms. The second kappa shape index (κ2) is 3.79. The Labute approximate surface area is 89.3 Å². The molecule has 1 aromatic heterocycles. The van der Waals surface area contributed by atoms with Gasteiger partial charge in [-0.15, -0.1) is 0 Å². The lowest BCUT2D eigenvalue weighted by atomic mass is 10.2. The molecule has 1 aromatic rings. The summed E-state index contributed by atoms with van der Waals surface area (Å²) in [6, 6.07) is 1.53. The predicted molar refractivity (Wildman–Crippen MR) is 46.3 cm³/mol. The molecule has 0 unspecified atom stereocenters. The van der Waals surface area contributed by atoms with Gasteiger partial charge in [0.25, 0.3) is 0 Å². The van der Waals surface area contributed by atoms with E-state index < -0.39 is 17.6 Å². The summed E-state index contributed by atoms with van der Waals surface area (Å²) in [7, 11) is 0. The zero-order valence-electron chi connectivity index (χ0n) is 8.16. The van der Waals surface area contributed by atoms with Gasteiger partial charge in [-0.25, -0.2) is 4.98 Å². The Morgan fingerprint density at radius 2 is 2.31 bits per heavy atom. The fraction of sp³-hybridized carbons (Fsp3) is 0.556. The zero-order chi connectivity index (χ0) is 11.8. The van der Waals surface area contributed by atoms with Crippen LogP contribution in [0, 0.1) is 11.3 Å². The van der Waals surface area contributed by atoms with Gasteiger partial charge in [-0.1, -0.05) is 0 Å². The van der Waals surface area contributed by atoms with Crippen LogP contribution in [-0.2, 0) is 17.5 Å². The fourth-order valence-corrected chi connectivity index (χ4v) is 1.49. The highest BCUT2D eigenvalue weighted by atomic mass is 19.4. The molecule has 1 aliphatic rings. The molecule has 0 amide bonds. The third kappa shape index (κ3) is 1.88. The van der Waals surface area contributed by atoms with Gasteiger partial charge in [0.1, 0.15) is 6.07 Å². The second-order valence-corrected chi connectivity index (χ2v) is 3.49. The molecule has 4 nitrogen and oxygen atoms in total. The summed E-state index contributed by atoms with van der Waals surface area (Å²) >= 11 is 0. The molecular weight excluding hydrogens is 223 g/mol. The summed E-state index contributed by atoms with van der Waals surface area (Å²) in [6.45, 7) is 0.860. The van der Waals surface area contributed by atoms with Crippen LogP contribution in [0.5, 0.6) is 0 Å². The average molecular weight is 231 g/mol. The summed E-state index contributed by atoms with van der Waals surface area (Å²) in [6.07, 6.45) is -2.87. The van der Waals surface area contributed by atoms with E-state index in [2.05, 4.69) is 4.98 Å². The number of rotatable bonds is 2. The molecule has 0 aromatic carbocycles. The highest BCUT2D eigenvalue weighted by Crippen LogP contribution is 2.30. The monoisotopic (exact) mass is 231 g/mol. The lowest BCUT2D eigenvalue weighted by molar-refractivity contribution is -0.141. The van der Waals surface area contributed by atoms with Crippen molar-refractivity contribution in [2.75, 3.05) is 6.61 Å². The number of halogens is 3. The Morgan fingerprint density at radius 3 is 2.75 bits per heavy atom. The standard InChI is InChI=1S/C9H8F3N3O/c10-9(11,12)8-7(3-13)15(5-14-8)4-6-1-2-16-6/h5-6H,1-2,4H2/t6-/m0/s1. The third-order valence-electron chi connectivity index (χ3n) is 2.41. The maximum atomic E-state index is 12.4. The maximum Gasteiger partial charge on any atom is 0.436 e. The van der Waals surface area contributed by atoms with E-state index in [4.69, 9.17) is 10.00 Å². The molecule has 2 heterocycles. The normalized spacial score (nSPS) is 20.2. The number of nitrogens with zero attached hydrogens (tertiary/aromatic N) is 3. The van der Waals surface area contributed by atoms with Crippen molar-refractivity contribution < 1.29 is 17.9 Å². The Hall–Kier alpha value is -1.55. The van der Waals surface area contributed by atoms with E-state index in [1.54, 1.807) is 0 Å². The molecule has 2 rings (SSSR count). The number of hydrogen-bond donors (Lipinski definition) is 0. The van der Waals surface area contributed by atoms with Crippen molar-refractivity contribution >= 4 is 0 Å². The number of ether oxygens (including phenoxy) is 1. The van der Waals surface area contributed by atoms with Crippen molar-refractivity contribution in [2.45, 2.75) is 25.2 Å². The largest absolute Gasteiger partial charge is 0.436 e. The van der Waals surface area contributed by atoms with Gasteiger partial charge < -0.3 is 9.30 Å². The first-order valence-corrected chi connectivity index (χ1v) is 4.66. The molecule has 7 heteroatoms. The lowest BCUT2D eigenvalue weighted by Gasteiger charge is -2.26. The molecular formula is C9H8F3N3O. The van der Waals surface area contributed by atoms with E-state index >= 15 is 0 Å². The smallest absolute Gasteiger partial charge is 0.376 e. The van der Waals surface area contributed by atoms with E-state index in [1.165, 1.54) is 10.6 Å². The molecule has 1 saturated heterocycles. The topological polar surface area (TPSA) is 50.8 Å². The molecule has 1 atom stereocenters. The summed E-state index contributed by atoms with van der Waals surface area (Å²) in [5.74, 6) is 0. The van der Waals surface area contributed by atoms with Crippen molar-refractivity contribution in [3.05, 3.63) is 17.7 Å². The van der Waals surface area contributed by atoms with Crippen LogP contribution in [0.2, 0.25) is 0 Å². The van der Waals surface area contributed by atoms with Crippen LogP contribution < -0.4 is 0 Å². The zero-order valence-corrected chi connectivity index (χ0v) is 8.16. The molecule has 0 spiro atoms. The highest BCUT2D eigenvalue weighted by Gasteiger charge is 2.38. The molecule has 1 aliphatic heterocycles. The minimum absolute atomic E-state index is 0.109. The number of aromatic nitrogens is 2. The quantitative estimate of drug-likeness (QED) is 0.776. The Kier molecular flexibility index (Phi) is 2.59. The number of nitriles is 1. The van der Waals surface area contributed by atoms with Crippen molar-refractivity contribution in [1.82, 2.24) is 9.55 Å². The molecule has 1 fully saturated rings. The van der Waals surface area contributed by atoms with Crippen LogP contribution in [-0.4, -0.2) is 22.3 Å². The maximum absolute atomic E-state index is 12.4. The fourth-order valence-electron chi connectivity index (χ4n) is 1.49. The minimum atomic E-state index is -4.59. The van der Waals surface area contributed by atoms with E-state index in [-0.39, 0.29) is 12.6 Å². The molecule has 0 bridgehead atoms. The number of alkyl halides is 3. The summed E-state index contributed by atoms with van der Waals surface area (Å²) in [4.78, 5) is 3.23. The SMILES string of the molecule is N#Cc1c(C(F)(F)F)ncn1C[C@@H]1CCO1. The van der Waals surface area contributed by atoms with Crippen LogP contribution in [0.15, 0.2) is 6.33 Å². The van der Waals surface area contributed by atoms with Gasteiger partial charge in [0.05, 0.1) is 19.0 Å². The average Bonchev–Trinajstić information content (AvgIpc) is 2.53. The van der Waals surface area contributed by atoms with E-state index in [0.717, 1.165) is 12.7 Å². The Bertz CT molecular complexity index is 428. The Balaban J connectivity index is 2.26. The minimum Gasteiger partial charge on any atom is -0.376 e. The van der Waals surface area contributed by atoms with E-state index in [9.17, 15) is 13.2 Å². The highest BCUT2D eigenvalue weighted by molar-refractivity contribution is 5.29. The summed E-state index contributed by atoms with van der Waals surface area (Å²) < 4.78 is 43.5. The summed E-state index contributed by atoms with van der Waals surface area (Å²) in [5, 5.41) is 8.70. The molecule has 0 N–H and O–H groups in total. The van der Waals surface area contributed by atoms with E-state index in [1.807, 2.05) is 0 Å². The van der Waals surface area contributed by atoms with E-state index in [0.29, 0.717) is 6.61 Å². The number of imidazole rings is 1. The molecule has 0 aliphatic carbocycles. The van der Waals surface area contributed by atoms with Crippen LogP contribution in [0.3, 0.4) is 0 Å². The first-order valence-electron chi connectivity index (χ1n) is 4.66. The van der Waals surface area contributed by atoms with Crippen LogP contribution in [0.25, 0.3) is 0 Å². The Morgan fingerprint density at radius 1 is 1.62 bits per heavy atom. The molecule has 0 saturated carbocycles. The van der Waals surface area contributed by atoms with Gasteiger partial charge in [0, 0.05) is 6.61 Å². The van der Waals surface area contributed by atoms with Gasteiger partial charge in [0.15, 0.2) is 11.4 Å². The third-order valence-corrected chi connectivity index (χ3v) is 2.41. The van der Waals surface area contributed by atoms with Gasteiger partial charge >= 0.3 is 6.18 Å². The van der Waals surface area contributed by atoms with Gasteiger partial charge in [-0.05, 0) is 6.42 Å². The van der Waals surface area contributed by atoms with Crippen molar-refractivity contribution in [2.24, 2.45) is 0 Å². The molecule has 0 radical (unpaired) electrons. The number of hydrogen-bond acceptors (Lipinski definition) is 3. The summed E-state index contributed by atoms with van der Waals surface area (Å²) in [5.41, 5.74) is -1.59. The van der Waals surface area contributed by atoms with Crippen LogP contribution in [0.1, 0.15) is 17.8 Å². The van der Waals surface area contributed by atoms with Crippen molar-refractivity contribution in [3.63, 3.8) is 0 Å². The predicted octanol–water partition coefficient (Wildman–Crippen LogP) is 1.56. The van der Waals surface area contributed by atoms with Gasteiger partial charge in [-0.2, -0.15) is 18.4 Å². The molecule has 86 valence electrons. The van der Waals surface area contributed by atoms with Gasteiger partial charge in [-0.3, -0.25) is 0 Å². The van der Waals surface area contributed by atoms with Crippen molar-refractivity contribution in [3.8, 4) is 6.07 Å². The van der Waals surface area contributed by atoms with Crippen LogP contribution in [0.4, 0.5) is 13.2 Å². The second-order valence-electron chi connectivity index (χ2n) is 3.49. The van der Waals surface area contributed by atoms with Crippen molar-refractivity contribution in [1.29, 1.82) is 5.26 Å². The first-order chi connectivity index (χ1) is 7.52.